The maximum Gasteiger partial charge on any atom is 0.419 e. The summed E-state index contributed by atoms with van der Waals surface area (Å²) in [6.07, 6.45) is -4.54. The van der Waals surface area contributed by atoms with Crippen molar-refractivity contribution < 1.29 is 22.7 Å². The van der Waals surface area contributed by atoms with Crippen molar-refractivity contribution in [2.75, 3.05) is 6.61 Å². The van der Waals surface area contributed by atoms with Gasteiger partial charge in [-0.1, -0.05) is 41.9 Å². The number of carbonyl (C=O) groups is 1. The van der Waals surface area contributed by atoms with Gasteiger partial charge < -0.3 is 10.1 Å². The monoisotopic (exact) mass is 357 g/mol. The second-order valence-corrected chi connectivity index (χ2v) is 5.50. The van der Waals surface area contributed by atoms with Gasteiger partial charge >= 0.3 is 6.18 Å². The van der Waals surface area contributed by atoms with Crippen LogP contribution >= 0.6 is 11.6 Å². The molecule has 2 rings (SSSR count). The molecular weight excluding hydrogens is 343 g/mol. The normalized spacial score (nSPS) is 12.5. The highest BCUT2D eigenvalue weighted by Gasteiger charge is 2.34. The molecule has 0 aliphatic rings. The molecule has 7 heteroatoms. The smallest absolute Gasteiger partial charge is 0.419 e. The topological polar surface area (TPSA) is 38.3 Å². The minimum Gasteiger partial charge on any atom is -0.483 e. The van der Waals surface area contributed by atoms with Crippen molar-refractivity contribution in [2.45, 2.75) is 19.1 Å². The van der Waals surface area contributed by atoms with E-state index in [1.807, 2.05) is 0 Å². The molecule has 1 amide bonds. The molecule has 3 nitrogen and oxygen atoms in total. The van der Waals surface area contributed by atoms with E-state index in [2.05, 4.69) is 5.32 Å². The Kier molecular flexibility index (Phi) is 5.72. The molecular formula is C17H15ClF3NO2. The molecule has 0 radical (unpaired) electrons. The molecule has 0 aromatic heterocycles. The van der Waals surface area contributed by atoms with Crippen molar-refractivity contribution in [1.82, 2.24) is 5.32 Å². The van der Waals surface area contributed by atoms with E-state index in [1.165, 1.54) is 18.2 Å². The Morgan fingerprint density at radius 1 is 1.17 bits per heavy atom. The van der Waals surface area contributed by atoms with E-state index < -0.39 is 30.3 Å². The van der Waals surface area contributed by atoms with E-state index in [-0.39, 0.29) is 5.75 Å². The predicted molar refractivity (Wildman–Crippen MR) is 84.9 cm³/mol. The summed E-state index contributed by atoms with van der Waals surface area (Å²) in [6, 6.07) is 11.3. The first-order valence-corrected chi connectivity index (χ1v) is 7.49. The van der Waals surface area contributed by atoms with Gasteiger partial charge in [0.05, 0.1) is 11.6 Å². The molecule has 0 fully saturated rings. The molecule has 24 heavy (non-hydrogen) atoms. The highest BCUT2D eigenvalue weighted by atomic mass is 35.5. The van der Waals surface area contributed by atoms with E-state index >= 15 is 0 Å². The fourth-order valence-corrected chi connectivity index (χ4v) is 2.46. The van der Waals surface area contributed by atoms with Gasteiger partial charge in [0.1, 0.15) is 5.75 Å². The fraction of sp³-hybridized carbons (Fsp3) is 0.235. The third kappa shape index (κ3) is 4.64. The van der Waals surface area contributed by atoms with Crippen LogP contribution in [0.15, 0.2) is 48.5 Å². The summed E-state index contributed by atoms with van der Waals surface area (Å²) in [5.41, 5.74) is -0.208. The van der Waals surface area contributed by atoms with Gasteiger partial charge in [-0.25, -0.2) is 0 Å². The average Bonchev–Trinajstić information content (AvgIpc) is 2.52. The van der Waals surface area contributed by atoms with Gasteiger partial charge in [0.25, 0.3) is 5.91 Å². The van der Waals surface area contributed by atoms with Gasteiger partial charge in [0.2, 0.25) is 0 Å². The Hall–Kier alpha value is -2.21. The number of alkyl halides is 3. The van der Waals surface area contributed by atoms with Crippen molar-refractivity contribution in [3.05, 3.63) is 64.7 Å². The summed E-state index contributed by atoms with van der Waals surface area (Å²) < 4.78 is 43.6. The molecule has 0 aliphatic heterocycles. The zero-order valence-electron chi connectivity index (χ0n) is 12.7. The Bertz CT molecular complexity index is 719. The molecule has 1 unspecified atom stereocenters. The van der Waals surface area contributed by atoms with E-state index in [4.69, 9.17) is 16.3 Å². The van der Waals surface area contributed by atoms with Crippen LogP contribution in [0.2, 0.25) is 5.02 Å². The van der Waals surface area contributed by atoms with Gasteiger partial charge in [0, 0.05) is 5.02 Å². The van der Waals surface area contributed by atoms with Gasteiger partial charge in [-0.2, -0.15) is 13.2 Å². The number of halogens is 4. The summed E-state index contributed by atoms with van der Waals surface area (Å²) in [4.78, 5) is 11.9. The molecule has 0 saturated carbocycles. The van der Waals surface area contributed by atoms with E-state index in [0.29, 0.717) is 10.6 Å². The summed E-state index contributed by atoms with van der Waals surface area (Å²) in [5.74, 6) is -0.926. The second kappa shape index (κ2) is 7.57. The lowest BCUT2D eigenvalue weighted by molar-refractivity contribution is -0.139. The van der Waals surface area contributed by atoms with Crippen LogP contribution < -0.4 is 10.1 Å². The standard InChI is InChI=1S/C17H15ClF3NO2/c1-11(12-6-2-4-8-14(12)18)22-16(23)10-24-15-9-5-3-7-13(15)17(19,20)21/h2-9,11H,10H2,1H3,(H,22,23). The number of amides is 1. The Morgan fingerprint density at radius 3 is 2.46 bits per heavy atom. The van der Waals surface area contributed by atoms with E-state index in [0.717, 1.165) is 6.07 Å². The van der Waals surface area contributed by atoms with Crippen LogP contribution in [0.25, 0.3) is 0 Å². The van der Waals surface area contributed by atoms with Gasteiger partial charge in [-0.3, -0.25) is 4.79 Å². The summed E-state index contributed by atoms with van der Waals surface area (Å²) >= 11 is 6.04. The number of ether oxygens (including phenoxy) is 1. The number of hydrogen-bond acceptors (Lipinski definition) is 2. The maximum atomic E-state index is 12.9. The molecule has 2 aromatic carbocycles. The third-order valence-corrected chi connectivity index (χ3v) is 3.64. The molecule has 0 saturated heterocycles. The van der Waals surface area contributed by atoms with Crippen LogP contribution in [0.5, 0.6) is 5.75 Å². The average molecular weight is 358 g/mol. The van der Waals surface area contributed by atoms with E-state index in [1.54, 1.807) is 31.2 Å². The zero-order chi connectivity index (χ0) is 17.7. The van der Waals surface area contributed by atoms with Crippen molar-refractivity contribution in [1.29, 1.82) is 0 Å². The molecule has 1 N–H and O–H groups in total. The summed E-state index contributed by atoms with van der Waals surface area (Å²) in [6.45, 7) is 1.20. The van der Waals surface area contributed by atoms with E-state index in [9.17, 15) is 18.0 Å². The van der Waals surface area contributed by atoms with Crippen LogP contribution in [0.4, 0.5) is 13.2 Å². The van der Waals surface area contributed by atoms with Crippen LogP contribution in [-0.2, 0) is 11.0 Å². The lowest BCUT2D eigenvalue weighted by atomic mass is 10.1. The fourth-order valence-electron chi connectivity index (χ4n) is 2.16. The Balaban J connectivity index is 1.98. The van der Waals surface area contributed by atoms with Gasteiger partial charge in [0.15, 0.2) is 6.61 Å². The molecule has 128 valence electrons. The SMILES string of the molecule is CC(NC(=O)COc1ccccc1C(F)(F)F)c1ccccc1Cl. The quantitative estimate of drug-likeness (QED) is 0.848. The van der Waals surface area contributed by atoms with Crippen LogP contribution in [0.3, 0.4) is 0 Å². The maximum absolute atomic E-state index is 12.9. The number of para-hydroxylation sites is 1. The van der Waals surface area contributed by atoms with Crippen molar-refractivity contribution in [3.63, 3.8) is 0 Å². The molecule has 2 aromatic rings. The van der Waals surface area contributed by atoms with Crippen molar-refractivity contribution >= 4 is 17.5 Å². The van der Waals surface area contributed by atoms with Crippen molar-refractivity contribution in [2.24, 2.45) is 0 Å². The summed E-state index contributed by atoms with van der Waals surface area (Å²) in [5, 5.41) is 3.13. The minimum atomic E-state index is -4.54. The highest BCUT2D eigenvalue weighted by Crippen LogP contribution is 2.35. The number of nitrogens with one attached hydrogen (secondary N) is 1. The number of benzene rings is 2. The molecule has 0 spiro atoms. The molecule has 0 aliphatic carbocycles. The zero-order valence-corrected chi connectivity index (χ0v) is 13.5. The van der Waals surface area contributed by atoms with Crippen LogP contribution in [0.1, 0.15) is 24.1 Å². The number of hydrogen-bond donors (Lipinski definition) is 1. The van der Waals surface area contributed by atoms with Gasteiger partial charge in [-0.05, 0) is 30.7 Å². The second-order valence-electron chi connectivity index (χ2n) is 5.09. The molecule has 0 bridgehead atoms. The first-order valence-electron chi connectivity index (χ1n) is 7.12. The lowest BCUT2D eigenvalue weighted by Gasteiger charge is -2.17. The number of carbonyl (C=O) groups excluding carboxylic acids is 1. The molecule has 1 atom stereocenters. The molecule has 0 heterocycles. The minimum absolute atomic E-state index is 0.384. The predicted octanol–water partition coefficient (Wildman–Crippen LogP) is 4.62. The Morgan fingerprint density at radius 2 is 1.79 bits per heavy atom. The van der Waals surface area contributed by atoms with Crippen LogP contribution in [0, 0.1) is 0 Å². The lowest BCUT2D eigenvalue weighted by Crippen LogP contribution is -2.31. The van der Waals surface area contributed by atoms with Crippen molar-refractivity contribution in [3.8, 4) is 5.75 Å². The Labute approximate surface area is 142 Å². The first kappa shape index (κ1) is 18.1. The largest absolute Gasteiger partial charge is 0.483 e. The number of rotatable bonds is 5. The third-order valence-electron chi connectivity index (χ3n) is 3.30. The highest BCUT2D eigenvalue weighted by molar-refractivity contribution is 6.31. The first-order chi connectivity index (χ1) is 11.3. The van der Waals surface area contributed by atoms with Gasteiger partial charge in [-0.15, -0.1) is 0 Å². The van der Waals surface area contributed by atoms with Crippen LogP contribution in [-0.4, -0.2) is 12.5 Å². The summed E-state index contributed by atoms with van der Waals surface area (Å²) in [7, 11) is 0.